The maximum absolute atomic E-state index is 11.1. The van der Waals surface area contributed by atoms with Gasteiger partial charge in [-0.2, -0.15) is 0 Å². The first-order valence-electron chi connectivity index (χ1n) is 5.90. The second-order valence-corrected chi connectivity index (χ2v) is 4.27. The molecule has 19 heavy (non-hydrogen) atoms. The maximum Gasteiger partial charge on any atom is 0.153 e. The standard InChI is InChI=1S/C15H13NO3/c1-18-13-5-3-4-10-11-6-9(8-17)14(19-2)7-12(11)16-15(10)13/h3-8,16H,1-2H3. The lowest BCUT2D eigenvalue weighted by Crippen LogP contribution is -1.89. The van der Waals surface area contributed by atoms with Crippen LogP contribution >= 0.6 is 0 Å². The first-order valence-corrected chi connectivity index (χ1v) is 5.90. The van der Waals surface area contributed by atoms with Gasteiger partial charge in [-0.05, 0) is 12.1 Å². The Balaban J connectivity index is 2.43. The van der Waals surface area contributed by atoms with E-state index in [1.807, 2.05) is 30.3 Å². The third-order valence-corrected chi connectivity index (χ3v) is 3.29. The number of ether oxygens (including phenoxy) is 2. The molecule has 0 fully saturated rings. The Morgan fingerprint density at radius 1 is 1.05 bits per heavy atom. The Kier molecular flexibility index (Phi) is 2.63. The number of hydrogen-bond donors (Lipinski definition) is 1. The minimum atomic E-state index is 0.540. The zero-order valence-corrected chi connectivity index (χ0v) is 10.7. The smallest absolute Gasteiger partial charge is 0.153 e. The monoisotopic (exact) mass is 255 g/mol. The van der Waals surface area contributed by atoms with Crippen molar-refractivity contribution < 1.29 is 14.3 Å². The molecule has 0 saturated carbocycles. The van der Waals surface area contributed by atoms with Gasteiger partial charge in [0, 0.05) is 16.8 Å². The molecule has 0 atom stereocenters. The van der Waals surface area contributed by atoms with Crippen LogP contribution < -0.4 is 9.47 Å². The number of nitrogens with one attached hydrogen (secondary N) is 1. The van der Waals surface area contributed by atoms with Crippen LogP contribution in [0.15, 0.2) is 30.3 Å². The number of aromatic amines is 1. The van der Waals surface area contributed by atoms with Crippen LogP contribution in [-0.2, 0) is 0 Å². The van der Waals surface area contributed by atoms with Crippen LogP contribution in [0, 0.1) is 0 Å². The molecule has 0 aliphatic carbocycles. The molecule has 1 aromatic heterocycles. The van der Waals surface area contributed by atoms with E-state index in [2.05, 4.69) is 4.98 Å². The van der Waals surface area contributed by atoms with Crippen LogP contribution in [0.4, 0.5) is 0 Å². The molecular weight excluding hydrogens is 242 g/mol. The van der Waals surface area contributed by atoms with Crippen LogP contribution in [0.5, 0.6) is 11.5 Å². The number of carbonyl (C=O) groups excluding carboxylic acids is 1. The van der Waals surface area contributed by atoms with Gasteiger partial charge in [0.25, 0.3) is 0 Å². The molecule has 4 heteroatoms. The molecule has 0 unspecified atom stereocenters. The highest BCUT2D eigenvalue weighted by Gasteiger charge is 2.12. The third kappa shape index (κ3) is 1.64. The fourth-order valence-electron chi connectivity index (χ4n) is 2.38. The molecule has 1 N–H and O–H groups in total. The second-order valence-electron chi connectivity index (χ2n) is 4.27. The first-order chi connectivity index (χ1) is 9.28. The summed E-state index contributed by atoms with van der Waals surface area (Å²) in [4.78, 5) is 14.4. The van der Waals surface area contributed by atoms with Gasteiger partial charge in [0.1, 0.15) is 11.5 Å². The quantitative estimate of drug-likeness (QED) is 0.731. The van der Waals surface area contributed by atoms with E-state index in [-0.39, 0.29) is 0 Å². The second kappa shape index (κ2) is 4.31. The number of aromatic nitrogens is 1. The summed E-state index contributed by atoms with van der Waals surface area (Å²) in [5.74, 6) is 1.34. The van der Waals surface area contributed by atoms with Gasteiger partial charge in [-0.1, -0.05) is 12.1 Å². The van der Waals surface area contributed by atoms with E-state index in [1.54, 1.807) is 14.2 Å². The van der Waals surface area contributed by atoms with Crippen molar-refractivity contribution in [1.82, 2.24) is 4.98 Å². The van der Waals surface area contributed by atoms with Crippen LogP contribution in [-0.4, -0.2) is 25.5 Å². The van der Waals surface area contributed by atoms with E-state index in [0.717, 1.165) is 33.8 Å². The van der Waals surface area contributed by atoms with Crippen LogP contribution in [0.1, 0.15) is 10.4 Å². The maximum atomic E-state index is 11.1. The Morgan fingerprint density at radius 2 is 1.84 bits per heavy atom. The number of hydrogen-bond acceptors (Lipinski definition) is 3. The lowest BCUT2D eigenvalue weighted by molar-refractivity contribution is 0.112. The Bertz CT molecular complexity index is 774. The Morgan fingerprint density at radius 3 is 2.53 bits per heavy atom. The SMILES string of the molecule is COc1cc2[nH]c3c(OC)cccc3c2cc1C=O. The normalized spacial score (nSPS) is 10.8. The zero-order valence-electron chi connectivity index (χ0n) is 10.7. The minimum Gasteiger partial charge on any atom is -0.496 e. The van der Waals surface area contributed by atoms with E-state index in [9.17, 15) is 4.79 Å². The van der Waals surface area contributed by atoms with E-state index in [4.69, 9.17) is 9.47 Å². The summed E-state index contributed by atoms with van der Waals surface area (Å²) in [6.45, 7) is 0. The van der Waals surface area contributed by atoms with Crippen molar-refractivity contribution in [3.8, 4) is 11.5 Å². The molecule has 4 nitrogen and oxygen atoms in total. The Hall–Kier alpha value is -2.49. The third-order valence-electron chi connectivity index (χ3n) is 3.29. The van der Waals surface area contributed by atoms with Gasteiger partial charge < -0.3 is 14.5 Å². The first kappa shape index (κ1) is 11.6. The molecular formula is C15H13NO3. The predicted molar refractivity (Wildman–Crippen MR) is 74.3 cm³/mol. The lowest BCUT2D eigenvalue weighted by Gasteiger charge is -2.03. The molecule has 0 spiro atoms. The molecule has 3 rings (SSSR count). The summed E-state index contributed by atoms with van der Waals surface area (Å²) in [7, 11) is 3.19. The number of fused-ring (bicyclic) bond motifs is 3. The fourth-order valence-corrected chi connectivity index (χ4v) is 2.38. The van der Waals surface area contributed by atoms with Crippen molar-refractivity contribution in [2.45, 2.75) is 0 Å². The Labute approximate surface area is 109 Å². The van der Waals surface area contributed by atoms with Crippen molar-refractivity contribution in [1.29, 1.82) is 0 Å². The van der Waals surface area contributed by atoms with Gasteiger partial charge in [-0.15, -0.1) is 0 Å². The highest BCUT2D eigenvalue weighted by atomic mass is 16.5. The molecule has 0 saturated heterocycles. The van der Waals surface area contributed by atoms with E-state index in [1.165, 1.54) is 0 Å². The van der Waals surface area contributed by atoms with Gasteiger partial charge >= 0.3 is 0 Å². The highest BCUT2D eigenvalue weighted by Crippen LogP contribution is 2.34. The molecule has 0 aliphatic rings. The summed E-state index contributed by atoms with van der Waals surface area (Å²) >= 11 is 0. The largest absolute Gasteiger partial charge is 0.496 e. The number of carbonyl (C=O) groups is 1. The summed E-state index contributed by atoms with van der Waals surface area (Å²) in [5, 5.41) is 2.01. The molecule has 0 aliphatic heterocycles. The molecule has 96 valence electrons. The number of benzene rings is 2. The number of H-pyrrole nitrogens is 1. The van der Waals surface area contributed by atoms with Crippen molar-refractivity contribution in [3.63, 3.8) is 0 Å². The number of para-hydroxylation sites is 1. The topological polar surface area (TPSA) is 51.3 Å². The van der Waals surface area contributed by atoms with E-state index >= 15 is 0 Å². The van der Waals surface area contributed by atoms with Crippen molar-refractivity contribution in [2.24, 2.45) is 0 Å². The molecule has 0 radical (unpaired) electrons. The number of methoxy groups -OCH3 is 2. The minimum absolute atomic E-state index is 0.540. The van der Waals surface area contributed by atoms with Gasteiger partial charge in [0.2, 0.25) is 0 Å². The van der Waals surface area contributed by atoms with Gasteiger partial charge in [0.05, 0.1) is 30.8 Å². The average molecular weight is 255 g/mol. The van der Waals surface area contributed by atoms with Crippen molar-refractivity contribution in [2.75, 3.05) is 14.2 Å². The molecule has 0 amide bonds. The van der Waals surface area contributed by atoms with Crippen LogP contribution in [0.2, 0.25) is 0 Å². The molecule has 2 aromatic carbocycles. The molecule has 3 aromatic rings. The van der Waals surface area contributed by atoms with E-state index in [0.29, 0.717) is 11.3 Å². The molecule has 0 bridgehead atoms. The van der Waals surface area contributed by atoms with Crippen LogP contribution in [0.25, 0.3) is 21.8 Å². The van der Waals surface area contributed by atoms with Gasteiger partial charge in [0.15, 0.2) is 6.29 Å². The summed E-state index contributed by atoms with van der Waals surface area (Å²) in [6.07, 6.45) is 0.803. The van der Waals surface area contributed by atoms with E-state index < -0.39 is 0 Å². The zero-order chi connectivity index (χ0) is 13.4. The summed E-state index contributed by atoms with van der Waals surface area (Å²) in [6, 6.07) is 9.49. The average Bonchev–Trinajstić information content (AvgIpc) is 2.83. The predicted octanol–water partition coefficient (Wildman–Crippen LogP) is 3.15. The van der Waals surface area contributed by atoms with Gasteiger partial charge in [-0.25, -0.2) is 0 Å². The van der Waals surface area contributed by atoms with Crippen LogP contribution in [0.3, 0.4) is 0 Å². The van der Waals surface area contributed by atoms with Crippen molar-refractivity contribution in [3.05, 3.63) is 35.9 Å². The van der Waals surface area contributed by atoms with Crippen molar-refractivity contribution >= 4 is 28.1 Å². The van der Waals surface area contributed by atoms with Gasteiger partial charge in [-0.3, -0.25) is 4.79 Å². The number of rotatable bonds is 3. The number of aldehydes is 1. The fraction of sp³-hybridized carbons (Fsp3) is 0.133. The lowest BCUT2D eigenvalue weighted by atomic mass is 10.1. The summed E-state index contributed by atoms with van der Waals surface area (Å²) < 4.78 is 10.6. The summed E-state index contributed by atoms with van der Waals surface area (Å²) in [5.41, 5.74) is 2.38. The highest BCUT2D eigenvalue weighted by molar-refractivity contribution is 6.11. The molecule has 1 heterocycles.